The van der Waals surface area contributed by atoms with Gasteiger partial charge in [0.05, 0.1) is 12.7 Å². The van der Waals surface area contributed by atoms with Gasteiger partial charge in [-0.2, -0.15) is 0 Å². The average molecular weight is 524 g/mol. The molecule has 214 valence electrons. The number of aliphatic hydroxyl groups is 1. The maximum Gasteiger partial charge on any atom is 0.407 e. The molecule has 4 fully saturated rings. The number of nitrogens with two attached hydrogens (primary N) is 1. The molecule has 0 aromatic carbocycles. The maximum atomic E-state index is 15.9. The lowest BCUT2D eigenvalue weighted by Gasteiger charge is -2.62. The van der Waals surface area contributed by atoms with Gasteiger partial charge in [-0.25, -0.2) is 9.18 Å². The zero-order chi connectivity index (χ0) is 26.6. The second-order valence-electron chi connectivity index (χ2n) is 13.5. The molecule has 0 spiro atoms. The Morgan fingerprint density at radius 3 is 2.54 bits per heavy atom. The van der Waals surface area contributed by atoms with E-state index < -0.39 is 6.17 Å². The maximum absolute atomic E-state index is 15.9. The van der Waals surface area contributed by atoms with Crippen molar-refractivity contribution in [1.82, 2.24) is 10.6 Å². The number of carbonyl (C=O) groups is 1. The van der Waals surface area contributed by atoms with E-state index in [0.717, 1.165) is 83.8 Å². The predicted molar refractivity (Wildman–Crippen MR) is 146 cm³/mol. The van der Waals surface area contributed by atoms with Crippen LogP contribution in [0.4, 0.5) is 9.18 Å². The first-order chi connectivity index (χ1) is 17.7. The topological polar surface area (TPSA) is 96.6 Å². The lowest BCUT2D eigenvalue weighted by atomic mass is 9.44. The molecule has 0 aromatic rings. The molecule has 0 bridgehead atoms. The number of halogens is 1. The van der Waals surface area contributed by atoms with Gasteiger partial charge in [0.2, 0.25) is 0 Å². The third-order valence-corrected chi connectivity index (χ3v) is 11.5. The zero-order valence-electron chi connectivity index (χ0n) is 23.7. The summed E-state index contributed by atoms with van der Waals surface area (Å²) in [5, 5.41) is 16.5. The molecule has 37 heavy (non-hydrogen) atoms. The molecule has 0 saturated heterocycles. The average Bonchev–Trinajstić information content (AvgIpc) is 3.22. The number of hydrogen-bond donors (Lipinski definition) is 4. The molecule has 10 atom stereocenters. The molecule has 0 unspecified atom stereocenters. The highest BCUT2D eigenvalue weighted by atomic mass is 19.1. The largest absolute Gasteiger partial charge is 0.449 e. The van der Waals surface area contributed by atoms with Crippen LogP contribution in [0.3, 0.4) is 0 Å². The van der Waals surface area contributed by atoms with E-state index in [-0.39, 0.29) is 34.9 Å². The molecule has 0 aromatic heterocycles. The van der Waals surface area contributed by atoms with E-state index in [0.29, 0.717) is 43.2 Å². The Labute approximate surface area is 224 Å². The Morgan fingerprint density at radius 1 is 1.03 bits per heavy atom. The molecule has 6 nitrogen and oxygen atoms in total. The van der Waals surface area contributed by atoms with Gasteiger partial charge in [-0.15, -0.1) is 0 Å². The molecule has 4 aliphatic carbocycles. The fraction of sp³-hybridized carbons (Fsp3) is 0.967. The summed E-state index contributed by atoms with van der Waals surface area (Å²) in [5.74, 6) is 2.08. The number of amides is 1. The summed E-state index contributed by atoms with van der Waals surface area (Å²) < 4.78 is 21.5. The van der Waals surface area contributed by atoms with E-state index in [1.165, 1.54) is 0 Å². The minimum absolute atomic E-state index is 0.123. The Kier molecular flexibility index (Phi) is 9.83. The van der Waals surface area contributed by atoms with E-state index >= 15 is 4.39 Å². The number of rotatable bonds is 11. The van der Waals surface area contributed by atoms with Gasteiger partial charge < -0.3 is 26.2 Å². The van der Waals surface area contributed by atoms with Gasteiger partial charge in [0, 0.05) is 6.54 Å². The van der Waals surface area contributed by atoms with Crippen LogP contribution in [0, 0.1) is 46.3 Å². The van der Waals surface area contributed by atoms with E-state index in [4.69, 9.17) is 10.5 Å². The first kappa shape index (κ1) is 29.1. The number of nitrogens with one attached hydrogen (secondary N) is 2. The third-order valence-electron chi connectivity index (χ3n) is 11.5. The lowest BCUT2D eigenvalue weighted by Crippen LogP contribution is -2.57. The SMILES string of the molecule is C[C@H](COC(=O)NCCCNCCCCN)[C@H]1CC[C@H]2[C@@H]3[C@H](F)C[C@H]4C[C@H](O)CC[C@]4(C)[C@H]3CC[C@]12C. The standard InChI is InChI=1S/C30H54FN3O3/c1-20(19-37-28(36)34-16-6-15-33-14-5-4-13-32)23-7-8-24-27-25(10-12-30(23,24)3)29(2)11-9-22(35)17-21(29)18-26(27)31/h20-27,33,35H,4-19,32H2,1-3H3,(H,34,36)/t20-,21-,22-,23-,24+,25+,26-,27+,29+,30-/m1/s1. The summed E-state index contributed by atoms with van der Waals surface area (Å²) >= 11 is 0. The second kappa shape index (κ2) is 12.5. The van der Waals surface area contributed by atoms with Crippen LogP contribution in [0.25, 0.3) is 0 Å². The molecular weight excluding hydrogens is 469 g/mol. The lowest BCUT2D eigenvalue weighted by molar-refractivity contribution is -0.158. The molecular formula is C30H54FN3O3. The van der Waals surface area contributed by atoms with Crippen LogP contribution in [0.1, 0.15) is 91.4 Å². The van der Waals surface area contributed by atoms with Crippen molar-refractivity contribution < 1.29 is 19.0 Å². The molecule has 4 aliphatic rings. The Bertz CT molecular complexity index is 756. The summed E-state index contributed by atoms with van der Waals surface area (Å²) in [7, 11) is 0. The molecule has 7 heteroatoms. The predicted octanol–water partition coefficient (Wildman–Crippen LogP) is 5.04. The number of ether oxygens (including phenoxy) is 1. The summed E-state index contributed by atoms with van der Waals surface area (Å²) in [5.41, 5.74) is 5.81. The van der Waals surface area contributed by atoms with Gasteiger partial charge in [-0.05, 0) is 137 Å². The number of alkyl halides is 1. The van der Waals surface area contributed by atoms with E-state index in [1.54, 1.807) is 0 Å². The van der Waals surface area contributed by atoms with Crippen LogP contribution in [0.2, 0.25) is 0 Å². The van der Waals surface area contributed by atoms with Crippen molar-refractivity contribution in [3.05, 3.63) is 0 Å². The number of alkyl carbamates (subject to hydrolysis) is 1. The van der Waals surface area contributed by atoms with Crippen LogP contribution in [-0.4, -0.2) is 56.3 Å². The Hall–Kier alpha value is -0.920. The Morgan fingerprint density at radius 2 is 1.76 bits per heavy atom. The van der Waals surface area contributed by atoms with E-state index in [9.17, 15) is 9.90 Å². The number of hydrogen-bond acceptors (Lipinski definition) is 5. The van der Waals surface area contributed by atoms with Crippen molar-refractivity contribution in [1.29, 1.82) is 0 Å². The van der Waals surface area contributed by atoms with Gasteiger partial charge in [-0.3, -0.25) is 0 Å². The van der Waals surface area contributed by atoms with Gasteiger partial charge in [-0.1, -0.05) is 20.8 Å². The van der Waals surface area contributed by atoms with Gasteiger partial charge in [0.1, 0.15) is 6.17 Å². The van der Waals surface area contributed by atoms with Crippen molar-refractivity contribution in [3.63, 3.8) is 0 Å². The molecule has 4 saturated carbocycles. The first-order valence-corrected chi connectivity index (χ1v) is 15.3. The van der Waals surface area contributed by atoms with E-state index in [1.807, 2.05) is 0 Å². The number of fused-ring (bicyclic) bond motifs is 5. The van der Waals surface area contributed by atoms with Crippen LogP contribution in [0.5, 0.6) is 0 Å². The smallest absolute Gasteiger partial charge is 0.407 e. The number of aliphatic hydroxyl groups excluding tert-OH is 1. The van der Waals surface area contributed by atoms with Gasteiger partial charge >= 0.3 is 6.09 Å². The third kappa shape index (κ3) is 6.14. The number of unbranched alkanes of at least 4 members (excludes halogenated alkanes) is 1. The van der Waals surface area contributed by atoms with Gasteiger partial charge in [0.25, 0.3) is 0 Å². The molecule has 4 rings (SSSR count). The second-order valence-corrected chi connectivity index (χ2v) is 13.5. The van der Waals surface area contributed by atoms with Crippen molar-refractivity contribution in [2.24, 2.45) is 52.1 Å². The normalized spacial score (nSPS) is 41.8. The van der Waals surface area contributed by atoms with Crippen molar-refractivity contribution in [2.75, 3.05) is 32.8 Å². The minimum atomic E-state index is -0.746. The minimum Gasteiger partial charge on any atom is -0.449 e. The highest BCUT2D eigenvalue weighted by molar-refractivity contribution is 5.67. The quantitative estimate of drug-likeness (QED) is 0.285. The molecule has 5 N–H and O–H groups in total. The van der Waals surface area contributed by atoms with E-state index in [2.05, 4.69) is 31.4 Å². The Balaban J connectivity index is 1.25. The van der Waals surface area contributed by atoms with Crippen molar-refractivity contribution >= 4 is 6.09 Å². The molecule has 0 aliphatic heterocycles. The summed E-state index contributed by atoms with van der Waals surface area (Å²) in [6.07, 6.45) is 9.48. The number of carbonyl (C=O) groups excluding carboxylic acids is 1. The zero-order valence-corrected chi connectivity index (χ0v) is 23.7. The highest BCUT2D eigenvalue weighted by Crippen LogP contribution is 2.68. The summed E-state index contributed by atoms with van der Waals surface area (Å²) in [6, 6.07) is 0. The molecule has 1 amide bonds. The van der Waals surface area contributed by atoms with Crippen LogP contribution >= 0.6 is 0 Å². The fourth-order valence-electron chi connectivity index (χ4n) is 9.42. The summed E-state index contributed by atoms with van der Waals surface area (Å²) in [4.78, 5) is 12.3. The van der Waals surface area contributed by atoms with Crippen LogP contribution in [0.15, 0.2) is 0 Å². The van der Waals surface area contributed by atoms with Crippen LogP contribution < -0.4 is 16.4 Å². The fourth-order valence-corrected chi connectivity index (χ4v) is 9.42. The van der Waals surface area contributed by atoms with Gasteiger partial charge in [0.15, 0.2) is 0 Å². The van der Waals surface area contributed by atoms with Crippen LogP contribution in [-0.2, 0) is 4.74 Å². The van der Waals surface area contributed by atoms with Crippen molar-refractivity contribution in [2.45, 2.75) is 104 Å². The van der Waals surface area contributed by atoms with Crippen molar-refractivity contribution in [3.8, 4) is 0 Å². The monoisotopic (exact) mass is 523 g/mol. The molecule has 0 heterocycles. The summed E-state index contributed by atoms with van der Waals surface area (Å²) in [6.45, 7) is 10.7. The first-order valence-electron chi connectivity index (χ1n) is 15.3. The highest BCUT2D eigenvalue weighted by Gasteiger charge is 2.63. The molecule has 0 radical (unpaired) electrons.